The van der Waals surface area contributed by atoms with Crippen molar-refractivity contribution in [2.75, 3.05) is 19.0 Å². The fourth-order valence-electron chi connectivity index (χ4n) is 4.20. The predicted molar refractivity (Wildman–Crippen MR) is 149 cm³/mol. The minimum Gasteiger partial charge on any atom is -0.496 e. The third-order valence-corrected chi connectivity index (χ3v) is 6.60. The van der Waals surface area contributed by atoms with E-state index >= 15 is 0 Å². The number of ether oxygens (including phenoxy) is 4. The largest absolute Gasteiger partial charge is 0.506 e. The zero-order chi connectivity index (χ0) is 28.2. The van der Waals surface area contributed by atoms with Gasteiger partial charge in [0.05, 0.1) is 24.4 Å². The van der Waals surface area contributed by atoms with Crippen molar-refractivity contribution in [3.63, 3.8) is 0 Å². The number of benzene rings is 3. The van der Waals surface area contributed by atoms with Crippen molar-refractivity contribution in [3.8, 4) is 34.3 Å². The molecule has 1 aliphatic heterocycles. The quantitative estimate of drug-likeness (QED) is 0.214. The van der Waals surface area contributed by atoms with Gasteiger partial charge in [-0.25, -0.2) is 9.78 Å². The van der Waals surface area contributed by atoms with E-state index in [1.807, 2.05) is 6.07 Å². The number of anilines is 1. The Hall–Kier alpha value is -4.47. The fourth-order valence-corrected chi connectivity index (χ4v) is 4.57. The summed E-state index contributed by atoms with van der Waals surface area (Å²) in [7, 11) is 1.55. The molecule has 0 fully saturated rings. The Kier molecular flexibility index (Phi) is 7.95. The zero-order valence-corrected chi connectivity index (χ0v) is 22.5. The number of amides is 1. The van der Waals surface area contributed by atoms with Crippen LogP contribution in [-0.2, 0) is 4.74 Å². The second-order valence-electron chi connectivity index (χ2n) is 8.66. The van der Waals surface area contributed by atoms with Crippen LogP contribution in [0.25, 0.3) is 11.3 Å². The molecule has 204 valence electrons. The highest BCUT2D eigenvalue weighted by Crippen LogP contribution is 2.42. The zero-order valence-electron chi connectivity index (χ0n) is 21.0. The van der Waals surface area contributed by atoms with Crippen LogP contribution in [-0.4, -0.2) is 35.9 Å². The maximum Gasteiger partial charge on any atom is 0.506 e. The number of aromatic nitrogens is 1. The number of rotatable bonds is 7. The fraction of sp³-hybridized carbons (Fsp3) is 0.138. The number of nitrogens with one attached hydrogen (secondary N) is 1. The normalized spacial score (nSPS) is 13.9. The van der Waals surface area contributed by atoms with E-state index < -0.39 is 12.3 Å². The molecule has 2 heterocycles. The lowest BCUT2D eigenvalue weighted by molar-refractivity contribution is 0.0326. The molecule has 1 unspecified atom stereocenters. The molecule has 1 aliphatic rings. The van der Waals surface area contributed by atoms with Gasteiger partial charge >= 0.3 is 6.16 Å². The van der Waals surface area contributed by atoms with E-state index in [1.54, 1.807) is 73.8 Å². The van der Waals surface area contributed by atoms with Crippen LogP contribution in [0.5, 0.6) is 23.0 Å². The lowest BCUT2D eigenvalue weighted by Gasteiger charge is -2.25. The summed E-state index contributed by atoms with van der Waals surface area (Å²) < 4.78 is 21.9. The molecule has 0 saturated heterocycles. The van der Waals surface area contributed by atoms with Gasteiger partial charge in [0.25, 0.3) is 5.91 Å². The molecule has 0 aliphatic carbocycles. The third kappa shape index (κ3) is 6.06. The van der Waals surface area contributed by atoms with Crippen molar-refractivity contribution >= 4 is 41.1 Å². The Morgan fingerprint density at radius 2 is 1.82 bits per heavy atom. The Balaban J connectivity index is 1.28. The molecule has 1 amide bonds. The molecule has 0 spiro atoms. The number of carbonyl (C=O) groups excluding carboxylic acids is 1. The van der Waals surface area contributed by atoms with Crippen molar-refractivity contribution in [1.82, 2.24) is 4.98 Å². The molecule has 3 aromatic carbocycles. The summed E-state index contributed by atoms with van der Waals surface area (Å²) in [6.45, 7) is 0.292. The monoisotopic (exact) mass is 580 g/mol. The summed E-state index contributed by atoms with van der Waals surface area (Å²) in [6, 6.07) is 20.2. The van der Waals surface area contributed by atoms with Gasteiger partial charge in [-0.3, -0.25) is 4.79 Å². The van der Waals surface area contributed by atoms with Crippen molar-refractivity contribution in [2.24, 2.45) is 0 Å². The van der Waals surface area contributed by atoms with E-state index in [-0.39, 0.29) is 10.9 Å². The average Bonchev–Trinajstić information content (AvgIpc) is 2.94. The van der Waals surface area contributed by atoms with Crippen LogP contribution < -0.4 is 19.5 Å². The minimum atomic E-state index is -1.37. The molecule has 5 rings (SSSR count). The molecule has 11 heteroatoms. The highest BCUT2D eigenvalue weighted by atomic mass is 35.5. The Morgan fingerprint density at radius 1 is 1.02 bits per heavy atom. The summed E-state index contributed by atoms with van der Waals surface area (Å²) in [5.41, 5.74) is 2.27. The summed E-state index contributed by atoms with van der Waals surface area (Å²) >= 11 is 12.5. The highest BCUT2D eigenvalue weighted by Gasteiger charge is 2.27. The summed E-state index contributed by atoms with van der Waals surface area (Å²) in [5.74, 6) is 1.75. The van der Waals surface area contributed by atoms with E-state index in [0.717, 1.165) is 5.56 Å². The summed E-state index contributed by atoms with van der Waals surface area (Å²) in [5, 5.41) is 12.6. The van der Waals surface area contributed by atoms with Crippen LogP contribution in [0, 0.1) is 0 Å². The summed E-state index contributed by atoms with van der Waals surface area (Å²) in [4.78, 5) is 28.4. The van der Waals surface area contributed by atoms with E-state index in [2.05, 4.69) is 10.3 Å². The van der Waals surface area contributed by atoms with Gasteiger partial charge in [-0.15, -0.1) is 0 Å². The third-order valence-electron chi connectivity index (χ3n) is 6.07. The van der Waals surface area contributed by atoms with Crippen LogP contribution in [0.15, 0.2) is 72.8 Å². The predicted octanol–water partition coefficient (Wildman–Crippen LogP) is 7.63. The number of pyridine rings is 1. The van der Waals surface area contributed by atoms with Crippen molar-refractivity contribution in [3.05, 3.63) is 94.0 Å². The van der Waals surface area contributed by atoms with Crippen LogP contribution in [0.3, 0.4) is 0 Å². The van der Waals surface area contributed by atoms with Crippen molar-refractivity contribution < 1.29 is 33.6 Å². The molecule has 1 atom stereocenters. The van der Waals surface area contributed by atoms with Crippen LogP contribution >= 0.6 is 23.2 Å². The van der Waals surface area contributed by atoms with Crippen molar-refractivity contribution in [2.45, 2.75) is 12.5 Å². The number of hydrogen-bond acceptors (Lipinski definition) is 7. The Labute approximate surface area is 239 Å². The minimum absolute atomic E-state index is 0.258. The topological polar surface area (TPSA) is 116 Å². The Bertz CT molecular complexity index is 1580. The maximum atomic E-state index is 12.9. The highest BCUT2D eigenvalue weighted by molar-refractivity contribution is 6.32. The first kappa shape index (κ1) is 27.1. The first-order valence-electron chi connectivity index (χ1n) is 12.1. The average molecular weight is 581 g/mol. The van der Waals surface area contributed by atoms with E-state index in [0.29, 0.717) is 63.7 Å². The van der Waals surface area contributed by atoms with Gasteiger partial charge < -0.3 is 29.4 Å². The second-order valence-corrected chi connectivity index (χ2v) is 9.51. The van der Waals surface area contributed by atoms with E-state index in [4.69, 9.17) is 47.3 Å². The van der Waals surface area contributed by atoms with Gasteiger partial charge in [0, 0.05) is 34.2 Å². The molecule has 1 aromatic heterocycles. The molecule has 4 aromatic rings. The lowest BCUT2D eigenvalue weighted by atomic mass is 10.0. The standard InChI is InChI=1S/C29H22Cl2N2O7/c1-37-24-13-17(30)7-10-19(24)22-3-2-4-27(32-22)33-28(34)16-5-8-18(9-6-16)39-26-15-25-20(14-21(26)31)23(11-12-38-25)40-29(35)36/h2-10,13-15,23H,11-12H2,1H3,(H,35,36)(H,32,33,34). The van der Waals surface area contributed by atoms with Gasteiger partial charge in [0.1, 0.15) is 34.9 Å². The van der Waals surface area contributed by atoms with E-state index in [9.17, 15) is 9.59 Å². The SMILES string of the molecule is COc1cc(Cl)ccc1-c1cccc(NC(=O)c2ccc(Oc3cc4c(cc3Cl)C(OC(=O)O)CCO4)cc2)n1. The number of fused-ring (bicyclic) bond motifs is 1. The number of hydrogen-bond donors (Lipinski definition) is 2. The lowest BCUT2D eigenvalue weighted by Crippen LogP contribution is -2.18. The molecule has 0 bridgehead atoms. The molecule has 40 heavy (non-hydrogen) atoms. The summed E-state index contributed by atoms with van der Waals surface area (Å²) in [6.07, 6.45) is -1.66. The van der Waals surface area contributed by atoms with Gasteiger partial charge in [-0.2, -0.15) is 0 Å². The maximum absolute atomic E-state index is 12.9. The molecule has 2 N–H and O–H groups in total. The van der Waals surface area contributed by atoms with Gasteiger partial charge in [-0.1, -0.05) is 29.3 Å². The molecular weight excluding hydrogens is 559 g/mol. The first-order valence-corrected chi connectivity index (χ1v) is 12.8. The van der Waals surface area contributed by atoms with Crippen LogP contribution in [0.2, 0.25) is 10.0 Å². The number of carbonyl (C=O) groups is 2. The molecule has 0 radical (unpaired) electrons. The van der Waals surface area contributed by atoms with Gasteiger partial charge in [0.15, 0.2) is 0 Å². The van der Waals surface area contributed by atoms with Gasteiger partial charge in [-0.05, 0) is 60.7 Å². The van der Waals surface area contributed by atoms with E-state index in [1.165, 1.54) is 0 Å². The smallest absolute Gasteiger partial charge is 0.496 e. The van der Waals surface area contributed by atoms with Crippen LogP contribution in [0.1, 0.15) is 28.4 Å². The number of methoxy groups -OCH3 is 1. The van der Waals surface area contributed by atoms with Crippen molar-refractivity contribution in [1.29, 1.82) is 0 Å². The Morgan fingerprint density at radius 3 is 2.58 bits per heavy atom. The molecular formula is C29H22Cl2N2O7. The number of carboxylic acid groups (broad SMARTS) is 1. The number of nitrogens with zero attached hydrogens (tertiary/aromatic N) is 1. The second kappa shape index (κ2) is 11.7. The first-order chi connectivity index (χ1) is 19.3. The number of halogens is 2. The van der Waals surface area contributed by atoms with Crippen LogP contribution in [0.4, 0.5) is 10.6 Å². The molecule has 0 saturated carbocycles. The van der Waals surface area contributed by atoms with Gasteiger partial charge in [0.2, 0.25) is 0 Å². The molecule has 9 nitrogen and oxygen atoms in total.